The maximum Gasteiger partial charge on any atom is 0.245 e. The smallest absolute Gasteiger partial charge is 0.245 e. The summed E-state index contributed by atoms with van der Waals surface area (Å²) in [5, 5.41) is 2.71. The van der Waals surface area contributed by atoms with Crippen LogP contribution in [-0.2, 0) is 32.5 Å². The number of sulfonamides is 1. The molecule has 0 bridgehead atoms. The minimum absolute atomic E-state index is 0.0383. The molecule has 2 aliphatic rings. The number of benzene rings is 1. The first-order valence-electron chi connectivity index (χ1n) is 10.4. The van der Waals surface area contributed by atoms with Gasteiger partial charge in [0.05, 0.1) is 4.90 Å². The predicted molar refractivity (Wildman–Crippen MR) is 111 cm³/mol. The fourth-order valence-corrected chi connectivity index (χ4v) is 5.57. The third kappa shape index (κ3) is 4.80. The molecule has 0 unspecified atom stereocenters. The van der Waals surface area contributed by atoms with E-state index in [9.17, 15) is 18.0 Å². The number of piperazine rings is 1. The fraction of sp³-hybridized carbons (Fsp3) is 0.619. The van der Waals surface area contributed by atoms with Crippen LogP contribution in [0.3, 0.4) is 0 Å². The number of hydrogen-bond acceptors (Lipinski definition) is 4. The van der Waals surface area contributed by atoms with Crippen molar-refractivity contribution in [2.75, 3.05) is 26.2 Å². The number of carbonyl (C=O) groups excluding carboxylic acids is 2. The number of rotatable bonds is 5. The van der Waals surface area contributed by atoms with Crippen molar-refractivity contribution in [3.8, 4) is 0 Å². The van der Waals surface area contributed by atoms with Gasteiger partial charge < -0.3 is 10.2 Å². The molecule has 29 heavy (non-hydrogen) atoms. The van der Waals surface area contributed by atoms with Crippen LogP contribution in [0.1, 0.15) is 44.7 Å². The molecule has 0 saturated carbocycles. The Hall–Kier alpha value is -1.93. The van der Waals surface area contributed by atoms with Crippen LogP contribution in [0.5, 0.6) is 0 Å². The van der Waals surface area contributed by atoms with E-state index in [4.69, 9.17) is 0 Å². The lowest BCUT2D eigenvalue weighted by molar-refractivity contribution is -0.138. The fourth-order valence-electron chi connectivity index (χ4n) is 4.10. The minimum atomic E-state index is -3.57. The van der Waals surface area contributed by atoms with Crippen LogP contribution in [0, 0.1) is 5.92 Å². The van der Waals surface area contributed by atoms with Crippen molar-refractivity contribution in [2.24, 2.45) is 5.92 Å². The van der Waals surface area contributed by atoms with E-state index in [1.165, 1.54) is 16.8 Å². The van der Waals surface area contributed by atoms with Crippen molar-refractivity contribution in [3.63, 3.8) is 0 Å². The topological polar surface area (TPSA) is 86.8 Å². The predicted octanol–water partition coefficient (Wildman–Crippen LogP) is 1.56. The van der Waals surface area contributed by atoms with Crippen molar-refractivity contribution in [1.82, 2.24) is 14.5 Å². The van der Waals surface area contributed by atoms with Gasteiger partial charge in [-0.15, -0.1) is 0 Å². The maximum absolute atomic E-state index is 13.1. The second-order valence-corrected chi connectivity index (χ2v) is 10.2. The van der Waals surface area contributed by atoms with Gasteiger partial charge in [-0.2, -0.15) is 4.31 Å². The zero-order valence-corrected chi connectivity index (χ0v) is 18.3. The van der Waals surface area contributed by atoms with E-state index < -0.39 is 16.1 Å². The molecule has 0 aromatic heterocycles. The average molecular weight is 422 g/mol. The highest BCUT2D eigenvalue weighted by Gasteiger charge is 2.34. The Morgan fingerprint density at radius 1 is 1.00 bits per heavy atom. The number of nitrogens with zero attached hydrogens (tertiary/aromatic N) is 2. The van der Waals surface area contributed by atoms with E-state index in [1.807, 2.05) is 26.0 Å². The molecule has 1 aliphatic heterocycles. The van der Waals surface area contributed by atoms with Gasteiger partial charge in [0.2, 0.25) is 21.8 Å². The molecule has 8 heteroatoms. The Bertz CT molecular complexity index is 874. The van der Waals surface area contributed by atoms with E-state index in [-0.39, 0.29) is 30.8 Å². The van der Waals surface area contributed by atoms with Gasteiger partial charge >= 0.3 is 0 Å². The SMILES string of the molecule is CC(=O)N[C@@H](C(=O)N1CCN(S(=O)(=O)c2ccc3c(c2)CCCC3)CC1)C(C)C. The molecular formula is C21H31N3O4S. The number of amides is 2. The number of carbonyl (C=O) groups is 2. The molecule has 0 radical (unpaired) electrons. The second-order valence-electron chi connectivity index (χ2n) is 8.29. The van der Waals surface area contributed by atoms with E-state index in [1.54, 1.807) is 11.0 Å². The Morgan fingerprint density at radius 2 is 1.62 bits per heavy atom. The molecule has 7 nitrogen and oxygen atoms in total. The third-order valence-corrected chi connectivity index (χ3v) is 7.69. The molecule has 1 N–H and O–H groups in total. The standard InChI is InChI=1S/C21H31N3O4S/c1-15(2)20(22-16(3)25)21(26)23-10-12-24(13-11-23)29(27,28)19-9-8-17-6-4-5-7-18(17)14-19/h8-9,14-15,20H,4-7,10-13H2,1-3H3,(H,22,25)/t20-/m1/s1. The first-order chi connectivity index (χ1) is 13.7. The lowest BCUT2D eigenvalue weighted by Crippen LogP contribution is -2.56. The molecular weight excluding hydrogens is 390 g/mol. The highest BCUT2D eigenvalue weighted by molar-refractivity contribution is 7.89. The van der Waals surface area contributed by atoms with Crippen molar-refractivity contribution >= 4 is 21.8 Å². The molecule has 2 amide bonds. The molecule has 1 saturated heterocycles. The largest absolute Gasteiger partial charge is 0.344 e. The first-order valence-corrected chi connectivity index (χ1v) is 11.8. The molecule has 3 rings (SSSR count). The number of nitrogens with one attached hydrogen (secondary N) is 1. The van der Waals surface area contributed by atoms with Crippen LogP contribution in [0.15, 0.2) is 23.1 Å². The van der Waals surface area contributed by atoms with E-state index in [0.717, 1.165) is 31.2 Å². The van der Waals surface area contributed by atoms with Gasteiger partial charge in [0, 0.05) is 33.1 Å². The third-order valence-electron chi connectivity index (χ3n) is 5.80. The number of aryl methyl sites for hydroxylation is 2. The van der Waals surface area contributed by atoms with Gasteiger partial charge in [0.15, 0.2) is 0 Å². The van der Waals surface area contributed by atoms with Gasteiger partial charge in [-0.1, -0.05) is 19.9 Å². The summed E-state index contributed by atoms with van der Waals surface area (Å²) in [6, 6.07) is 4.90. The maximum atomic E-state index is 13.1. The average Bonchev–Trinajstić information content (AvgIpc) is 2.71. The van der Waals surface area contributed by atoms with Crippen LogP contribution >= 0.6 is 0 Å². The van der Waals surface area contributed by atoms with Crippen molar-refractivity contribution in [1.29, 1.82) is 0 Å². The molecule has 1 aromatic rings. The van der Waals surface area contributed by atoms with Crippen LogP contribution in [-0.4, -0.2) is 61.7 Å². The van der Waals surface area contributed by atoms with Crippen LogP contribution < -0.4 is 5.32 Å². The quantitative estimate of drug-likeness (QED) is 0.782. The second kappa shape index (κ2) is 8.83. The first kappa shape index (κ1) is 21.8. The normalized spacial score (nSPS) is 19.0. The van der Waals surface area contributed by atoms with Crippen molar-refractivity contribution in [2.45, 2.75) is 57.4 Å². The summed E-state index contributed by atoms with van der Waals surface area (Å²) in [4.78, 5) is 26.2. The van der Waals surface area contributed by atoms with E-state index in [0.29, 0.717) is 18.0 Å². The van der Waals surface area contributed by atoms with Gasteiger partial charge in [-0.3, -0.25) is 9.59 Å². The van der Waals surface area contributed by atoms with E-state index in [2.05, 4.69) is 5.32 Å². The molecule has 1 fully saturated rings. The lowest BCUT2D eigenvalue weighted by Gasteiger charge is -2.36. The monoisotopic (exact) mass is 421 g/mol. The Balaban J connectivity index is 1.68. The summed E-state index contributed by atoms with van der Waals surface area (Å²) in [5.74, 6) is -0.435. The van der Waals surface area contributed by atoms with Crippen LogP contribution in [0.4, 0.5) is 0 Å². The van der Waals surface area contributed by atoms with Gasteiger partial charge in [-0.05, 0) is 54.9 Å². The molecule has 1 heterocycles. The Morgan fingerprint density at radius 3 is 2.21 bits per heavy atom. The molecule has 1 atom stereocenters. The zero-order valence-electron chi connectivity index (χ0n) is 17.5. The van der Waals surface area contributed by atoms with Gasteiger partial charge in [0.25, 0.3) is 0 Å². The van der Waals surface area contributed by atoms with Gasteiger partial charge in [0.1, 0.15) is 6.04 Å². The summed E-state index contributed by atoms with van der Waals surface area (Å²) in [6.07, 6.45) is 4.20. The number of fused-ring (bicyclic) bond motifs is 1. The molecule has 1 aliphatic carbocycles. The van der Waals surface area contributed by atoms with Crippen LogP contribution in [0.25, 0.3) is 0 Å². The Labute approximate surface area is 173 Å². The summed E-state index contributed by atoms with van der Waals surface area (Å²) in [5.41, 5.74) is 2.39. The number of hydrogen-bond donors (Lipinski definition) is 1. The van der Waals surface area contributed by atoms with Crippen molar-refractivity contribution < 1.29 is 18.0 Å². The lowest BCUT2D eigenvalue weighted by atomic mass is 9.92. The molecule has 160 valence electrons. The summed E-state index contributed by atoms with van der Waals surface area (Å²) in [6.45, 7) is 6.33. The summed E-state index contributed by atoms with van der Waals surface area (Å²) >= 11 is 0. The molecule has 0 spiro atoms. The summed E-state index contributed by atoms with van der Waals surface area (Å²) < 4.78 is 27.7. The Kier molecular flexibility index (Phi) is 6.63. The van der Waals surface area contributed by atoms with Crippen LogP contribution in [0.2, 0.25) is 0 Å². The van der Waals surface area contributed by atoms with E-state index >= 15 is 0 Å². The highest BCUT2D eigenvalue weighted by atomic mass is 32.2. The highest BCUT2D eigenvalue weighted by Crippen LogP contribution is 2.26. The van der Waals surface area contributed by atoms with Crippen molar-refractivity contribution in [3.05, 3.63) is 29.3 Å². The summed E-state index contributed by atoms with van der Waals surface area (Å²) in [7, 11) is -3.57. The minimum Gasteiger partial charge on any atom is -0.344 e. The zero-order chi connectivity index (χ0) is 21.2. The van der Waals surface area contributed by atoms with Gasteiger partial charge in [-0.25, -0.2) is 8.42 Å². The molecule has 1 aromatic carbocycles.